The highest BCUT2D eigenvalue weighted by atomic mass is 32.2. The minimum absolute atomic E-state index is 0.0929. The molecule has 7 N–H and O–H groups in total. The molecule has 0 aromatic carbocycles. The molecule has 15 nitrogen and oxygen atoms in total. The first-order valence-electron chi connectivity index (χ1n) is 13.0. The second-order valence-corrected chi connectivity index (χ2v) is 12.2. The molecule has 0 fully saturated rings. The Morgan fingerprint density at radius 2 is 1.81 bits per heavy atom. The predicted molar refractivity (Wildman–Crippen MR) is 157 cm³/mol. The molecule has 0 radical (unpaired) electrons. The number of rotatable bonds is 6. The van der Waals surface area contributed by atoms with E-state index in [1.807, 2.05) is 0 Å². The van der Waals surface area contributed by atoms with Crippen LogP contribution >= 0.6 is 23.1 Å². The number of nitrogens with two attached hydrogens (primary N) is 1. The van der Waals surface area contributed by atoms with Crippen LogP contribution in [0, 0.1) is 5.92 Å². The van der Waals surface area contributed by atoms with Crippen molar-refractivity contribution in [3.8, 4) is 0 Å². The van der Waals surface area contributed by atoms with Crippen molar-refractivity contribution in [3.63, 3.8) is 0 Å². The number of esters is 1. The summed E-state index contributed by atoms with van der Waals surface area (Å²) in [5.74, 6) is -5.70. The van der Waals surface area contributed by atoms with Gasteiger partial charge in [-0.25, -0.2) is 19.4 Å². The average molecular weight is 644 g/mol. The molecule has 1 aliphatic rings. The van der Waals surface area contributed by atoms with E-state index >= 15 is 0 Å². The standard InChI is InChI=1S/C24H35N5O6S2.C2H2O4/c1-13(2)19-21(32)35-15(8-6-7-9-36-22(33)14(3)25)10-17(30)26-11-18-27-16(12-37-18)20(31)29-24(4,5)23(34)28-19;3-1(4)2(5)6/h6,8,12-15,19H,7,9-11,25H2,1-5H3,(H,26,30)(H,28,34)(H,29,31);(H,3,4)(H,5,6)/b8-6+;/t14?,15-,19+;/m1./s1. The number of cyclic esters (lactones) is 1. The number of carbonyl (C=O) groups is 7. The van der Waals surface area contributed by atoms with Crippen molar-refractivity contribution < 1.29 is 48.5 Å². The Kier molecular flexibility index (Phi) is 15.0. The number of thiazole rings is 1. The molecule has 1 aliphatic heterocycles. The Morgan fingerprint density at radius 3 is 2.37 bits per heavy atom. The lowest BCUT2D eigenvalue weighted by Crippen LogP contribution is -2.59. The first-order chi connectivity index (χ1) is 19.9. The largest absolute Gasteiger partial charge is 0.473 e. The predicted octanol–water partition coefficient (Wildman–Crippen LogP) is 0.433. The maximum Gasteiger partial charge on any atom is 0.414 e. The number of carboxylic acid groups (broad SMARTS) is 2. The van der Waals surface area contributed by atoms with Crippen LogP contribution in [-0.2, 0) is 40.0 Å². The van der Waals surface area contributed by atoms with E-state index in [4.69, 9.17) is 30.3 Å². The fraction of sp³-hybridized carbons (Fsp3) is 0.538. The van der Waals surface area contributed by atoms with Crippen molar-refractivity contribution in [2.24, 2.45) is 11.7 Å². The SMILES string of the molecule is CC(N)C(=O)SCC/C=C/[C@@H]1CC(=O)NCc2nc(cs2)C(=O)NC(C)(C)C(=O)N[C@@H](C(C)C)C(=O)O1.O=C(O)C(=O)O. The molecule has 17 heteroatoms. The molecule has 2 bridgehead atoms. The quantitative estimate of drug-likeness (QED) is 0.107. The van der Waals surface area contributed by atoms with Gasteiger partial charge in [0.1, 0.15) is 28.4 Å². The van der Waals surface area contributed by atoms with Gasteiger partial charge in [-0.05, 0) is 39.2 Å². The van der Waals surface area contributed by atoms with Crippen LogP contribution in [0.4, 0.5) is 0 Å². The number of carbonyl (C=O) groups excluding carboxylic acids is 5. The van der Waals surface area contributed by atoms with Gasteiger partial charge in [-0.1, -0.05) is 31.7 Å². The minimum atomic E-state index is -1.82. The van der Waals surface area contributed by atoms with Crippen LogP contribution in [0.3, 0.4) is 0 Å². The molecule has 0 aliphatic carbocycles. The van der Waals surface area contributed by atoms with Crippen LogP contribution < -0.4 is 21.7 Å². The second-order valence-electron chi connectivity index (χ2n) is 10.1. The Bertz CT molecular complexity index is 1220. The summed E-state index contributed by atoms with van der Waals surface area (Å²) in [7, 11) is 0. The number of amides is 3. The van der Waals surface area contributed by atoms with Gasteiger partial charge in [0, 0.05) is 11.1 Å². The number of aliphatic carboxylic acids is 2. The number of allylic oxidation sites excluding steroid dienone is 1. The third-order valence-corrected chi connectivity index (χ3v) is 7.46. The van der Waals surface area contributed by atoms with Gasteiger partial charge >= 0.3 is 17.9 Å². The highest BCUT2D eigenvalue weighted by molar-refractivity contribution is 8.13. The first-order valence-corrected chi connectivity index (χ1v) is 14.9. The fourth-order valence-electron chi connectivity index (χ4n) is 3.13. The van der Waals surface area contributed by atoms with Gasteiger partial charge in [0.25, 0.3) is 5.91 Å². The Hall–Kier alpha value is -3.83. The van der Waals surface area contributed by atoms with Crippen molar-refractivity contribution in [1.82, 2.24) is 20.9 Å². The number of nitrogens with zero attached hydrogens (tertiary/aromatic N) is 1. The summed E-state index contributed by atoms with van der Waals surface area (Å²) < 4.78 is 5.63. The molecule has 0 saturated heterocycles. The first kappa shape index (κ1) is 37.2. The normalized spacial score (nSPS) is 20.2. The van der Waals surface area contributed by atoms with Crippen molar-refractivity contribution in [2.45, 2.75) is 77.7 Å². The third-order valence-electron chi connectivity index (χ3n) is 5.51. The molecule has 1 aromatic heterocycles. The van der Waals surface area contributed by atoms with Gasteiger partial charge in [-0.3, -0.25) is 19.2 Å². The molecular formula is C26H37N5O10S2. The van der Waals surface area contributed by atoms with Gasteiger partial charge < -0.3 is 36.6 Å². The number of fused-ring (bicyclic) bond motifs is 2. The summed E-state index contributed by atoms with van der Waals surface area (Å²) >= 11 is 2.31. The number of nitrogens with one attached hydrogen (secondary N) is 3. The maximum absolute atomic E-state index is 13.1. The molecule has 3 atom stereocenters. The van der Waals surface area contributed by atoms with E-state index in [0.717, 1.165) is 11.8 Å². The van der Waals surface area contributed by atoms with E-state index in [1.165, 1.54) is 25.2 Å². The van der Waals surface area contributed by atoms with Gasteiger partial charge in [0.15, 0.2) is 0 Å². The van der Waals surface area contributed by atoms with Crippen molar-refractivity contribution in [1.29, 1.82) is 0 Å². The number of thioether (sulfide) groups is 1. The van der Waals surface area contributed by atoms with E-state index < -0.39 is 53.4 Å². The zero-order chi connectivity index (χ0) is 32.9. The number of ether oxygens (including phenoxy) is 1. The molecule has 1 unspecified atom stereocenters. The number of hydrogen-bond donors (Lipinski definition) is 6. The topological polar surface area (TPSA) is 244 Å². The Morgan fingerprint density at radius 1 is 1.19 bits per heavy atom. The van der Waals surface area contributed by atoms with Gasteiger partial charge in [0.2, 0.25) is 16.9 Å². The van der Waals surface area contributed by atoms with E-state index in [-0.39, 0.29) is 35.6 Å². The molecule has 43 heavy (non-hydrogen) atoms. The lowest BCUT2D eigenvalue weighted by atomic mass is 9.99. The number of aromatic nitrogens is 1. The molecule has 2 rings (SSSR count). The molecule has 0 spiro atoms. The monoisotopic (exact) mass is 643 g/mol. The highest BCUT2D eigenvalue weighted by Gasteiger charge is 2.36. The molecule has 0 saturated carbocycles. The van der Waals surface area contributed by atoms with E-state index in [9.17, 15) is 24.0 Å². The summed E-state index contributed by atoms with van der Waals surface area (Å²) in [6.07, 6.45) is 2.78. The van der Waals surface area contributed by atoms with Crippen LogP contribution in [0.5, 0.6) is 0 Å². The lowest BCUT2D eigenvalue weighted by Gasteiger charge is -2.29. The Labute approximate surface area is 256 Å². The van der Waals surface area contributed by atoms with Crippen LogP contribution in [0.1, 0.15) is 63.0 Å². The van der Waals surface area contributed by atoms with Crippen LogP contribution in [-0.4, -0.2) is 85.4 Å². The zero-order valence-corrected chi connectivity index (χ0v) is 26.0. The maximum atomic E-state index is 13.1. The molecule has 2 heterocycles. The summed E-state index contributed by atoms with van der Waals surface area (Å²) in [4.78, 5) is 85.4. The molecular weight excluding hydrogens is 606 g/mol. The van der Waals surface area contributed by atoms with E-state index in [0.29, 0.717) is 17.2 Å². The fourth-order valence-corrected chi connectivity index (χ4v) is 4.56. The van der Waals surface area contributed by atoms with Crippen LogP contribution in [0.15, 0.2) is 17.5 Å². The van der Waals surface area contributed by atoms with Gasteiger partial charge in [0.05, 0.1) is 19.0 Å². The summed E-state index contributed by atoms with van der Waals surface area (Å²) in [6, 6.07) is -1.57. The van der Waals surface area contributed by atoms with Crippen molar-refractivity contribution >= 4 is 63.8 Å². The Balaban J connectivity index is 0.00000139. The number of hydrogen-bond acceptors (Lipinski definition) is 12. The lowest BCUT2D eigenvalue weighted by molar-refractivity contribution is -0.159. The average Bonchev–Trinajstić information content (AvgIpc) is 3.38. The van der Waals surface area contributed by atoms with Crippen LogP contribution in [0.2, 0.25) is 0 Å². The smallest absolute Gasteiger partial charge is 0.414 e. The summed E-state index contributed by atoms with van der Waals surface area (Å²) in [6.45, 7) is 8.26. The van der Waals surface area contributed by atoms with E-state index in [2.05, 4.69) is 20.9 Å². The summed E-state index contributed by atoms with van der Waals surface area (Å²) in [5.41, 5.74) is 4.35. The van der Waals surface area contributed by atoms with E-state index in [1.54, 1.807) is 38.3 Å². The third kappa shape index (κ3) is 13.3. The molecule has 238 valence electrons. The molecule has 3 amide bonds. The van der Waals surface area contributed by atoms with Gasteiger partial charge in [-0.15, -0.1) is 11.3 Å². The van der Waals surface area contributed by atoms with Crippen molar-refractivity contribution in [3.05, 3.63) is 28.2 Å². The summed E-state index contributed by atoms with van der Waals surface area (Å²) in [5, 5.41) is 24.7. The molecule has 1 aromatic rings. The minimum Gasteiger partial charge on any atom is -0.473 e. The zero-order valence-electron chi connectivity index (χ0n) is 24.4. The van der Waals surface area contributed by atoms with Crippen LogP contribution in [0.25, 0.3) is 0 Å². The highest BCUT2D eigenvalue weighted by Crippen LogP contribution is 2.15. The number of carboxylic acids is 2. The van der Waals surface area contributed by atoms with Crippen molar-refractivity contribution in [2.75, 3.05) is 5.75 Å². The second kappa shape index (κ2) is 17.3. The van der Waals surface area contributed by atoms with Gasteiger partial charge in [-0.2, -0.15) is 0 Å².